The summed E-state index contributed by atoms with van der Waals surface area (Å²) in [6, 6.07) is 11.1. The Morgan fingerprint density at radius 3 is 1.17 bits per heavy atom. The molecule has 0 spiro atoms. The molecule has 30 heavy (non-hydrogen) atoms. The minimum absolute atomic E-state index is 0.165. The Morgan fingerprint density at radius 1 is 0.533 bits per heavy atom. The van der Waals surface area contributed by atoms with Crippen molar-refractivity contribution in [1.29, 1.82) is 0 Å². The number of nitrogens with one attached hydrogen (secondary N) is 2. The number of hydrogen-bond donors (Lipinski definition) is 2. The van der Waals surface area contributed by atoms with Gasteiger partial charge in [0.05, 0.1) is 0 Å². The normalized spacial score (nSPS) is 10.6. The van der Waals surface area contributed by atoms with E-state index in [1.165, 1.54) is 48.5 Å². The summed E-state index contributed by atoms with van der Waals surface area (Å²) in [7, 11) is 0. The zero-order chi connectivity index (χ0) is 21.6. The number of amides is 2. The van der Waals surface area contributed by atoms with Crippen LogP contribution in [0.3, 0.4) is 0 Å². The van der Waals surface area contributed by atoms with E-state index in [9.17, 15) is 18.4 Å². The maximum Gasteiger partial charge on any atom is 0.251 e. The largest absolute Gasteiger partial charge is 0.352 e. The Bertz CT molecular complexity index is 709. The molecule has 0 unspecified atom stereocenters. The maximum absolute atomic E-state index is 12.8. The Labute approximate surface area is 177 Å². The van der Waals surface area contributed by atoms with Crippen LogP contribution >= 0.6 is 0 Å². The first-order valence-electron chi connectivity index (χ1n) is 10.6. The highest BCUT2D eigenvalue weighted by molar-refractivity contribution is 5.94. The van der Waals surface area contributed by atoms with E-state index >= 15 is 0 Å². The zero-order valence-corrected chi connectivity index (χ0v) is 17.3. The molecule has 2 aromatic carbocycles. The van der Waals surface area contributed by atoms with Gasteiger partial charge in [0, 0.05) is 24.2 Å². The smallest absolute Gasteiger partial charge is 0.251 e. The third kappa shape index (κ3) is 9.16. The van der Waals surface area contributed by atoms with Gasteiger partial charge in [0.25, 0.3) is 11.8 Å². The molecule has 162 valence electrons. The third-order valence-corrected chi connectivity index (χ3v) is 4.89. The van der Waals surface area contributed by atoms with Crippen LogP contribution in [0, 0.1) is 11.6 Å². The van der Waals surface area contributed by atoms with Gasteiger partial charge < -0.3 is 10.6 Å². The topological polar surface area (TPSA) is 58.2 Å². The molecule has 0 atom stereocenters. The molecule has 0 aliphatic rings. The van der Waals surface area contributed by atoms with Gasteiger partial charge in [-0.15, -0.1) is 0 Å². The first-order valence-corrected chi connectivity index (χ1v) is 10.6. The lowest BCUT2D eigenvalue weighted by Crippen LogP contribution is -2.24. The summed E-state index contributed by atoms with van der Waals surface area (Å²) < 4.78 is 25.7. The van der Waals surface area contributed by atoms with E-state index in [-0.39, 0.29) is 23.4 Å². The maximum atomic E-state index is 12.8. The van der Waals surface area contributed by atoms with Gasteiger partial charge in [-0.2, -0.15) is 0 Å². The molecule has 0 fully saturated rings. The van der Waals surface area contributed by atoms with Gasteiger partial charge >= 0.3 is 0 Å². The highest BCUT2D eigenvalue weighted by Crippen LogP contribution is 2.09. The van der Waals surface area contributed by atoms with Crippen LogP contribution in [-0.2, 0) is 0 Å². The molecule has 4 nitrogen and oxygen atoms in total. The third-order valence-electron chi connectivity index (χ3n) is 4.89. The second kappa shape index (κ2) is 13.5. The van der Waals surface area contributed by atoms with Crippen molar-refractivity contribution >= 4 is 11.8 Å². The molecule has 2 amide bonds. The molecule has 0 saturated carbocycles. The van der Waals surface area contributed by atoms with E-state index in [0.29, 0.717) is 24.2 Å². The van der Waals surface area contributed by atoms with Gasteiger partial charge in [0.1, 0.15) is 11.6 Å². The first kappa shape index (κ1) is 23.5. The molecule has 0 aromatic heterocycles. The Kier molecular flexibility index (Phi) is 10.6. The molecule has 0 aliphatic heterocycles. The van der Waals surface area contributed by atoms with E-state index in [4.69, 9.17) is 0 Å². The van der Waals surface area contributed by atoms with E-state index in [1.807, 2.05) is 0 Å². The quantitative estimate of drug-likeness (QED) is 0.439. The van der Waals surface area contributed by atoms with Crippen molar-refractivity contribution in [2.24, 2.45) is 0 Å². The molecule has 0 radical (unpaired) electrons. The van der Waals surface area contributed by atoms with Gasteiger partial charge in [-0.05, 0) is 61.4 Å². The van der Waals surface area contributed by atoms with Crippen molar-refractivity contribution in [3.63, 3.8) is 0 Å². The standard InChI is InChI=1S/C24H30F2N2O2/c25-21-13-9-19(10-14-21)23(29)27-17-7-5-3-1-2-4-6-8-18-28-24(30)20-11-15-22(26)16-12-20/h9-16H,1-8,17-18H2,(H,27,29)(H,28,30). The fourth-order valence-electron chi connectivity index (χ4n) is 3.12. The number of carbonyl (C=O) groups is 2. The van der Waals surface area contributed by atoms with Gasteiger partial charge in [0.2, 0.25) is 0 Å². The van der Waals surface area contributed by atoms with E-state index < -0.39 is 0 Å². The van der Waals surface area contributed by atoms with E-state index in [0.717, 1.165) is 51.4 Å². The summed E-state index contributed by atoms with van der Waals surface area (Å²) in [5.41, 5.74) is 0.954. The minimum atomic E-state index is -0.346. The second-order valence-corrected chi connectivity index (χ2v) is 7.35. The van der Waals surface area contributed by atoms with E-state index in [1.54, 1.807) is 0 Å². The van der Waals surface area contributed by atoms with Crippen LogP contribution in [0.1, 0.15) is 72.1 Å². The van der Waals surface area contributed by atoms with Crippen LogP contribution in [0.25, 0.3) is 0 Å². The van der Waals surface area contributed by atoms with Crippen molar-refractivity contribution in [2.45, 2.75) is 51.4 Å². The van der Waals surface area contributed by atoms with Gasteiger partial charge in [-0.3, -0.25) is 9.59 Å². The summed E-state index contributed by atoms with van der Waals surface area (Å²) >= 11 is 0. The molecule has 2 rings (SSSR count). The highest BCUT2D eigenvalue weighted by atomic mass is 19.1. The number of hydrogen-bond acceptors (Lipinski definition) is 2. The number of benzene rings is 2. The zero-order valence-electron chi connectivity index (χ0n) is 17.3. The van der Waals surface area contributed by atoms with Crippen LogP contribution in [0.4, 0.5) is 8.78 Å². The lowest BCUT2D eigenvalue weighted by atomic mass is 10.1. The van der Waals surface area contributed by atoms with Gasteiger partial charge in [-0.1, -0.05) is 38.5 Å². The molecule has 6 heteroatoms. The van der Waals surface area contributed by atoms with Crippen molar-refractivity contribution in [3.8, 4) is 0 Å². The average molecular weight is 417 g/mol. The highest BCUT2D eigenvalue weighted by Gasteiger charge is 2.05. The SMILES string of the molecule is O=C(NCCCCCCCCCCNC(=O)c1ccc(F)cc1)c1ccc(F)cc1. The minimum Gasteiger partial charge on any atom is -0.352 e. The van der Waals surface area contributed by atoms with Crippen LogP contribution in [-0.4, -0.2) is 24.9 Å². The Balaban J connectivity index is 1.39. The molecule has 2 aromatic rings. The predicted molar refractivity (Wildman–Crippen MR) is 114 cm³/mol. The molecule has 0 bridgehead atoms. The van der Waals surface area contributed by atoms with Gasteiger partial charge in [-0.25, -0.2) is 8.78 Å². The fraction of sp³-hybridized carbons (Fsp3) is 0.417. The molecule has 0 heterocycles. The molecule has 2 N–H and O–H groups in total. The van der Waals surface area contributed by atoms with Gasteiger partial charge in [0.15, 0.2) is 0 Å². The molecular weight excluding hydrogens is 386 g/mol. The summed E-state index contributed by atoms with van der Waals surface area (Å²) in [4.78, 5) is 23.8. The van der Waals surface area contributed by atoms with Crippen molar-refractivity contribution in [2.75, 3.05) is 13.1 Å². The Hall–Kier alpha value is -2.76. The average Bonchev–Trinajstić information content (AvgIpc) is 2.75. The number of carbonyl (C=O) groups excluding carboxylic acids is 2. The number of rotatable bonds is 13. The van der Waals surface area contributed by atoms with E-state index in [2.05, 4.69) is 10.6 Å². The second-order valence-electron chi connectivity index (χ2n) is 7.35. The summed E-state index contributed by atoms with van der Waals surface area (Å²) in [6.45, 7) is 1.26. The van der Waals surface area contributed by atoms with Crippen LogP contribution in [0.2, 0.25) is 0 Å². The van der Waals surface area contributed by atoms with Crippen LogP contribution in [0.5, 0.6) is 0 Å². The summed E-state index contributed by atoms with van der Waals surface area (Å²) in [5.74, 6) is -1.02. The lowest BCUT2D eigenvalue weighted by molar-refractivity contribution is 0.0944. The van der Waals surface area contributed by atoms with Crippen molar-refractivity contribution < 1.29 is 18.4 Å². The van der Waals surface area contributed by atoms with Crippen LogP contribution < -0.4 is 10.6 Å². The number of halogens is 2. The molecule has 0 aliphatic carbocycles. The molecule has 0 saturated heterocycles. The van der Waals surface area contributed by atoms with Crippen molar-refractivity contribution in [1.82, 2.24) is 10.6 Å². The Morgan fingerprint density at radius 2 is 0.833 bits per heavy atom. The van der Waals surface area contributed by atoms with Crippen molar-refractivity contribution in [3.05, 3.63) is 71.3 Å². The summed E-state index contributed by atoms with van der Waals surface area (Å²) in [5, 5.41) is 5.71. The predicted octanol–water partition coefficient (Wildman–Crippen LogP) is 5.25. The fourth-order valence-corrected chi connectivity index (χ4v) is 3.12. The lowest BCUT2D eigenvalue weighted by Gasteiger charge is -2.06. The summed E-state index contributed by atoms with van der Waals surface area (Å²) in [6.07, 6.45) is 8.59. The van der Waals surface area contributed by atoms with Crippen LogP contribution in [0.15, 0.2) is 48.5 Å². The molecular formula is C24H30F2N2O2. The first-order chi connectivity index (χ1) is 14.6. The number of unbranched alkanes of at least 4 members (excludes halogenated alkanes) is 7. The monoisotopic (exact) mass is 416 g/mol.